The fourth-order valence-corrected chi connectivity index (χ4v) is 1.99. The molecular weight excluding hydrogens is 275 g/mol. The second-order valence-electron chi connectivity index (χ2n) is 4.53. The van der Waals surface area contributed by atoms with Gasteiger partial charge >= 0.3 is 0 Å². The molecule has 0 saturated heterocycles. The molecule has 0 fully saturated rings. The van der Waals surface area contributed by atoms with E-state index in [4.69, 9.17) is 0 Å². The molecule has 5 nitrogen and oxygen atoms in total. The second kappa shape index (κ2) is 6.13. The number of nitro benzene ring substituents is 1. The fraction of sp³-hybridized carbons (Fsp3) is 0.133. The van der Waals surface area contributed by atoms with Crippen LogP contribution < -0.4 is 0 Å². The highest BCUT2D eigenvalue weighted by Gasteiger charge is 2.19. The van der Waals surface area contributed by atoms with Crippen molar-refractivity contribution in [2.24, 2.45) is 0 Å². The Kier molecular flexibility index (Phi) is 4.27. The summed E-state index contributed by atoms with van der Waals surface area (Å²) in [5, 5.41) is 10.9. The van der Waals surface area contributed by atoms with Crippen molar-refractivity contribution >= 4 is 11.6 Å². The molecule has 0 spiro atoms. The summed E-state index contributed by atoms with van der Waals surface area (Å²) in [6, 6.07) is 11.8. The molecule has 108 valence electrons. The summed E-state index contributed by atoms with van der Waals surface area (Å²) >= 11 is 0. The molecule has 1 amide bonds. The van der Waals surface area contributed by atoms with E-state index < -0.39 is 16.6 Å². The Morgan fingerprint density at radius 2 is 1.81 bits per heavy atom. The van der Waals surface area contributed by atoms with Crippen molar-refractivity contribution in [3.05, 3.63) is 75.6 Å². The number of amides is 1. The summed E-state index contributed by atoms with van der Waals surface area (Å²) in [6.45, 7) is 0.0321. The Morgan fingerprint density at radius 1 is 1.19 bits per heavy atom. The second-order valence-corrected chi connectivity index (χ2v) is 4.53. The number of carbonyl (C=O) groups is 1. The highest BCUT2D eigenvalue weighted by molar-refractivity contribution is 5.94. The van der Waals surface area contributed by atoms with Crippen molar-refractivity contribution in [2.45, 2.75) is 6.54 Å². The first-order chi connectivity index (χ1) is 10.0. The maximum absolute atomic E-state index is 13.6. The number of para-hydroxylation sites is 1. The standard InChI is InChI=1S/C15H13FN2O3/c1-17(15(19)12-7-3-4-8-13(12)16)10-11-6-2-5-9-14(11)18(20)21/h2-9H,10H2,1H3. The van der Waals surface area contributed by atoms with E-state index in [0.717, 1.165) is 0 Å². The number of carbonyl (C=O) groups excluding carboxylic acids is 1. The van der Waals surface area contributed by atoms with Crippen LogP contribution in [0, 0.1) is 15.9 Å². The van der Waals surface area contributed by atoms with Gasteiger partial charge in [-0.25, -0.2) is 4.39 Å². The third kappa shape index (κ3) is 3.22. The van der Waals surface area contributed by atoms with Gasteiger partial charge in [0.05, 0.1) is 17.0 Å². The summed E-state index contributed by atoms with van der Waals surface area (Å²) < 4.78 is 13.6. The fourth-order valence-electron chi connectivity index (χ4n) is 1.99. The van der Waals surface area contributed by atoms with Crippen LogP contribution in [-0.2, 0) is 6.54 Å². The van der Waals surface area contributed by atoms with Crippen LogP contribution in [0.1, 0.15) is 15.9 Å². The minimum absolute atomic E-state index is 0.0321. The molecule has 0 atom stereocenters. The van der Waals surface area contributed by atoms with Gasteiger partial charge in [-0.15, -0.1) is 0 Å². The number of hydrogen-bond donors (Lipinski definition) is 0. The molecule has 0 aliphatic heterocycles. The molecule has 0 radical (unpaired) electrons. The molecule has 0 aliphatic carbocycles. The third-order valence-electron chi connectivity index (χ3n) is 3.05. The quantitative estimate of drug-likeness (QED) is 0.641. The van der Waals surface area contributed by atoms with E-state index in [0.29, 0.717) is 5.56 Å². The molecule has 0 aromatic heterocycles. The van der Waals surface area contributed by atoms with Gasteiger partial charge in [-0.3, -0.25) is 14.9 Å². The zero-order valence-corrected chi connectivity index (χ0v) is 11.3. The molecule has 0 bridgehead atoms. The van der Waals surface area contributed by atoms with Gasteiger partial charge in [0.15, 0.2) is 0 Å². The third-order valence-corrected chi connectivity index (χ3v) is 3.05. The van der Waals surface area contributed by atoms with Crippen LogP contribution in [0.5, 0.6) is 0 Å². The van der Waals surface area contributed by atoms with Crippen LogP contribution in [0.3, 0.4) is 0 Å². The summed E-state index contributed by atoms with van der Waals surface area (Å²) in [4.78, 5) is 23.9. The average molecular weight is 288 g/mol. The van der Waals surface area contributed by atoms with Gasteiger partial charge in [0.2, 0.25) is 0 Å². The molecule has 0 N–H and O–H groups in total. The predicted octanol–water partition coefficient (Wildman–Crippen LogP) is 3.01. The van der Waals surface area contributed by atoms with E-state index in [1.165, 1.54) is 36.2 Å². The van der Waals surface area contributed by atoms with Gasteiger partial charge in [0.25, 0.3) is 11.6 Å². The Bertz CT molecular complexity index is 688. The van der Waals surface area contributed by atoms with Crippen LogP contribution in [0.4, 0.5) is 10.1 Å². The van der Waals surface area contributed by atoms with Crippen LogP contribution in [0.25, 0.3) is 0 Å². The molecular formula is C15H13FN2O3. The number of halogens is 1. The maximum atomic E-state index is 13.6. The Hall–Kier alpha value is -2.76. The van der Waals surface area contributed by atoms with Crippen molar-refractivity contribution in [1.82, 2.24) is 4.90 Å². The lowest BCUT2D eigenvalue weighted by atomic mass is 10.1. The smallest absolute Gasteiger partial charge is 0.274 e. The van der Waals surface area contributed by atoms with Gasteiger partial charge < -0.3 is 4.90 Å². The Balaban J connectivity index is 2.23. The first-order valence-corrected chi connectivity index (χ1v) is 6.23. The predicted molar refractivity (Wildman–Crippen MR) is 75.3 cm³/mol. The monoisotopic (exact) mass is 288 g/mol. The first-order valence-electron chi connectivity index (χ1n) is 6.23. The average Bonchev–Trinajstić information content (AvgIpc) is 2.47. The van der Waals surface area contributed by atoms with Crippen molar-refractivity contribution in [3.63, 3.8) is 0 Å². The number of nitrogens with zero attached hydrogens (tertiary/aromatic N) is 2. The summed E-state index contributed by atoms with van der Waals surface area (Å²) in [7, 11) is 1.48. The van der Waals surface area contributed by atoms with Gasteiger partial charge in [-0.1, -0.05) is 30.3 Å². The van der Waals surface area contributed by atoms with Crippen molar-refractivity contribution in [2.75, 3.05) is 7.05 Å². The number of benzene rings is 2. The zero-order chi connectivity index (χ0) is 15.4. The van der Waals surface area contributed by atoms with E-state index in [1.807, 2.05) is 0 Å². The molecule has 2 aromatic carbocycles. The topological polar surface area (TPSA) is 63.4 Å². The molecule has 6 heteroatoms. The molecule has 2 aromatic rings. The molecule has 0 aliphatic rings. The highest BCUT2D eigenvalue weighted by Crippen LogP contribution is 2.20. The van der Waals surface area contributed by atoms with Crippen molar-refractivity contribution in [3.8, 4) is 0 Å². The van der Waals surface area contributed by atoms with Gasteiger partial charge in [-0.2, -0.15) is 0 Å². The lowest BCUT2D eigenvalue weighted by Gasteiger charge is -2.17. The van der Waals surface area contributed by atoms with E-state index in [2.05, 4.69) is 0 Å². The minimum atomic E-state index is -0.614. The molecule has 0 unspecified atom stereocenters. The first kappa shape index (κ1) is 14.6. The lowest BCUT2D eigenvalue weighted by Crippen LogP contribution is -2.27. The van der Waals surface area contributed by atoms with Gasteiger partial charge in [0.1, 0.15) is 5.82 Å². The molecule has 21 heavy (non-hydrogen) atoms. The van der Waals surface area contributed by atoms with E-state index in [9.17, 15) is 19.3 Å². The Labute approximate surface area is 120 Å². The van der Waals surface area contributed by atoms with Gasteiger partial charge in [-0.05, 0) is 12.1 Å². The molecule has 0 heterocycles. The maximum Gasteiger partial charge on any atom is 0.274 e. The number of rotatable bonds is 4. The van der Waals surface area contributed by atoms with Crippen LogP contribution in [0.2, 0.25) is 0 Å². The number of hydrogen-bond acceptors (Lipinski definition) is 3. The van der Waals surface area contributed by atoms with E-state index in [-0.39, 0.29) is 17.8 Å². The van der Waals surface area contributed by atoms with E-state index >= 15 is 0 Å². The Morgan fingerprint density at radius 3 is 2.48 bits per heavy atom. The highest BCUT2D eigenvalue weighted by atomic mass is 19.1. The van der Waals surface area contributed by atoms with Crippen molar-refractivity contribution < 1.29 is 14.1 Å². The summed E-state index contributed by atoms with van der Waals surface area (Å²) in [5.41, 5.74) is 0.277. The van der Waals surface area contributed by atoms with Gasteiger partial charge in [0, 0.05) is 18.7 Å². The van der Waals surface area contributed by atoms with Crippen LogP contribution in [0.15, 0.2) is 48.5 Å². The molecule has 2 rings (SSSR count). The lowest BCUT2D eigenvalue weighted by molar-refractivity contribution is -0.385. The van der Waals surface area contributed by atoms with Crippen molar-refractivity contribution in [1.29, 1.82) is 0 Å². The molecule has 0 saturated carbocycles. The summed E-state index contributed by atoms with van der Waals surface area (Å²) in [5.74, 6) is -1.14. The normalized spacial score (nSPS) is 10.2. The summed E-state index contributed by atoms with van der Waals surface area (Å²) in [6.07, 6.45) is 0. The zero-order valence-electron chi connectivity index (χ0n) is 11.3. The van der Waals surface area contributed by atoms with Crippen LogP contribution >= 0.6 is 0 Å². The number of nitro groups is 1. The van der Waals surface area contributed by atoms with Crippen LogP contribution in [-0.4, -0.2) is 22.8 Å². The minimum Gasteiger partial charge on any atom is -0.337 e. The SMILES string of the molecule is CN(Cc1ccccc1[N+](=O)[O-])C(=O)c1ccccc1F. The largest absolute Gasteiger partial charge is 0.337 e. The van der Waals surface area contributed by atoms with E-state index in [1.54, 1.807) is 24.3 Å².